The number of hydrogen-bond acceptors (Lipinski definition) is 6. The Morgan fingerprint density at radius 1 is 0.222 bits per heavy atom. The van der Waals surface area contributed by atoms with Gasteiger partial charge in [0.15, 0.2) is 6.10 Å². The number of rotatable bonds is 62. The first kappa shape index (κ1) is 70.4. The predicted molar refractivity (Wildman–Crippen MR) is 312 cm³/mol. The van der Waals surface area contributed by atoms with Crippen LogP contribution in [-0.4, -0.2) is 37.2 Å². The number of carbonyl (C=O) groups is 3. The molecule has 1 unspecified atom stereocenters. The highest BCUT2D eigenvalue weighted by molar-refractivity contribution is 5.71. The number of ether oxygens (including phenoxy) is 3. The van der Waals surface area contributed by atoms with Gasteiger partial charge in [-0.2, -0.15) is 0 Å². The third kappa shape index (κ3) is 59.3. The van der Waals surface area contributed by atoms with E-state index in [1.807, 2.05) is 0 Å². The zero-order valence-electron chi connectivity index (χ0n) is 49.2. The van der Waals surface area contributed by atoms with Crippen molar-refractivity contribution in [1.29, 1.82) is 0 Å². The predicted octanol–water partition coefficient (Wildman–Crippen LogP) is 22.3. The van der Waals surface area contributed by atoms with Gasteiger partial charge in [-0.25, -0.2) is 0 Å². The molecule has 428 valence electrons. The van der Waals surface area contributed by atoms with Crippen molar-refractivity contribution in [2.75, 3.05) is 13.2 Å². The van der Waals surface area contributed by atoms with Crippen molar-refractivity contribution in [3.8, 4) is 0 Å². The van der Waals surface area contributed by atoms with Crippen LogP contribution in [0.25, 0.3) is 0 Å². The van der Waals surface area contributed by atoms with Crippen molar-refractivity contribution in [3.05, 3.63) is 0 Å². The van der Waals surface area contributed by atoms with Crippen LogP contribution in [0.1, 0.15) is 387 Å². The summed E-state index contributed by atoms with van der Waals surface area (Å²) in [5, 5.41) is 0. The van der Waals surface area contributed by atoms with E-state index >= 15 is 0 Å². The third-order valence-electron chi connectivity index (χ3n) is 15.4. The first-order valence-electron chi connectivity index (χ1n) is 33.0. The van der Waals surface area contributed by atoms with Gasteiger partial charge in [0.25, 0.3) is 0 Å². The average Bonchev–Trinajstić information content (AvgIpc) is 3.38. The van der Waals surface area contributed by atoms with E-state index in [0.717, 1.165) is 57.8 Å². The molecule has 0 aromatic carbocycles. The Hall–Kier alpha value is -1.59. The average molecular weight is 1020 g/mol. The maximum absolute atomic E-state index is 12.9. The topological polar surface area (TPSA) is 78.9 Å². The number of hydrogen-bond donors (Lipinski definition) is 0. The summed E-state index contributed by atoms with van der Waals surface area (Å²) in [4.78, 5) is 38.1. The highest BCUT2D eigenvalue weighted by atomic mass is 16.6. The lowest BCUT2D eigenvalue weighted by Gasteiger charge is -2.18. The van der Waals surface area contributed by atoms with Crippen LogP contribution in [0.3, 0.4) is 0 Å². The lowest BCUT2D eigenvalue weighted by Crippen LogP contribution is -2.30. The van der Waals surface area contributed by atoms with E-state index in [4.69, 9.17) is 14.2 Å². The van der Waals surface area contributed by atoms with E-state index in [0.29, 0.717) is 19.3 Å². The standard InChI is InChI=1S/C66H128O6/c1-4-7-10-13-16-19-21-23-25-27-29-30-31-32-33-34-35-36-38-39-41-43-45-47-50-53-56-59-65(68)71-62-63(61-70-64(67)58-55-52-49-18-15-12-9-6-3)72-66(69)60-57-54-51-48-46-44-42-40-37-28-26-24-22-20-17-14-11-8-5-2/h63H,4-62H2,1-3H3. The van der Waals surface area contributed by atoms with Crippen LogP contribution in [0.4, 0.5) is 0 Å². The molecule has 0 aliphatic heterocycles. The van der Waals surface area contributed by atoms with Gasteiger partial charge in [0.05, 0.1) is 0 Å². The fourth-order valence-corrected chi connectivity index (χ4v) is 10.4. The summed E-state index contributed by atoms with van der Waals surface area (Å²) < 4.78 is 16.9. The Labute approximate surface area is 450 Å². The van der Waals surface area contributed by atoms with E-state index in [1.54, 1.807) is 0 Å². The SMILES string of the molecule is CCCCCCCCCCCCCCCCCCCCCCCCCCCCCC(=O)OCC(COC(=O)CCCCCCCCCC)OC(=O)CCCCCCCCCCCCCCCCCCCCC. The molecule has 0 radical (unpaired) electrons. The second-order valence-corrected chi connectivity index (χ2v) is 22.8. The quantitative estimate of drug-likeness (QED) is 0.0343. The molecule has 72 heavy (non-hydrogen) atoms. The van der Waals surface area contributed by atoms with E-state index in [9.17, 15) is 14.4 Å². The third-order valence-corrected chi connectivity index (χ3v) is 15.4. The van der Waals surface area contributed by atoms with Crippen LogP contribution in [-0.2, 0) is 28.6 Å². The Morgan fingerprint density at radius 2 is 0.375 bits per heavy atom. The lowest BCUT2D eigenvalue weighted by atomic mass is 10.0. The van der Waals surface area contributed by atoms with Crippen LogP contribution in [0.2, 0.25) is 0 Å². The van der Waals surface area contributed by atoms with Crippen molar-refractivity contribution in [2.45, 2.75) is 393 Å². The minimum atomic E-state index is -0.761. The fourth-order valence-electron chi connectivity index (χ4n) is 10.4. The Morgan fingerprint density at radius 3 is 0.556 bits per heavy atom. The molecule has 0 amide bonds. The van der Waals surface area contributed by atoms with Gasteiger partial charge in [-0.1, -0.05) is 348 Å². The number of esters is 3. The molecule has 0 saturated heterocycles. The second-order valence-electron chi connectivity index (χ2n) is 22.8. The van der Waals surface area contributed by atoms with Gasteiger partial charge in [0.2, 0.25) is 0 Å². The largest absolute Gasteiger partial charge is 0.462 e. The van der Waals surface area contributed by atoms with E-state index < -0.39 is 6.10 Å². The molecule has 0 fully saturated rings. The van der Waals surface area contributed by atoms with Crippen LogP contribution in [0.5, 0.6) is 0 Å². The Balaban J connectivity index is 4.04. The van der Waals surface area contributed by atoms with Gasteiger partial charge >= 0.3 is 17.9 Å². The molecule has 6 nitrogen and oxygen atoms in total. The van der Waals surface area contributed by atoms with Crippen LogP contribution >= 0.6 is 0 Å². The zero-order valence-corrected chi connectivity index (χ0v) is 49.2. The molecular weight excluding hydrogens is 889 g/mol. The minimum Gasteiger partial charge on any atom is -0.462 e. The molecule has 1 atom stereocenters. The second kappa shape index (κ2) is 62.0. The van der Waals surface area contributed by atoms with Crippen LogP contribution in [0.15, 0.2) is 0 Å². The first-order valence-corrected chi connectivity index (χ1v) is 33.0. The molecule has 0 aromatic rings. The van der Waals surface area contributed by atoms with Crippen molar-refractivity contribution < 1.29 is 28.6 Å². The minimum absolute atomic E-state index is 0.0612. The highest BCUT2D eigenvalue weighted by Gasteiger charge is 2.19. The molecule has 0 saturated carbocycles. The van der Waals surface area contributed by atoms with E-state index in [1.165, 1.54) is 289 Å². The summed E-state index contributed by atoms with van der Waals surface area (Å²) in [6.07, 6.45) is 71.5. The van der Waals surface area contributed by atoms with Gasteiger partial charge in [-0.3, -0.25) is 14.4 Å². The van der Waals surface area contributed by atoms with Gasteiger partial charge < -0.3 is 14.2 Å². The molecule has 0 aliphatic carbocycles. The van der Waals surface area contributed by atoms with Gasteiger partial charge in [-0.15, -0.1) is 0 Å². The lowest BCUT2D eigenvalue weighted by molar-refractivity contribution is -0.167. The molecule has 0 aliphatic rings. The number of carbonyl (C=O) groups excluding carboxylic acids is 3. The molecule has 0 aromatic heterocycles. The zero-order chi connectivity index (χ0) is 52.2. The van der Waals surface area contributed by atoms with Crippen LogP contribution < -0.4 is 0 Å². The summed E-state index contributed by atoms with van der Waals surface area (Å²) in [5.41, 5.74) is 0. The molecular formula is C66H128O6. The van der Waals surface area contributed by atoms with E-state index in [2.05, 4.69) is 20.8 Å². The number of unbranched alkanes of at least 4 members (excludes halogenated alkanes) is 51. The molecule has 0 N–H and O–H groups in total. The smallest absolute Gasteiger partial charge is 0.306 e. The van der Waals surface area contributed by atoms with Gasteiger partial charge in [0.1, 0.15) is 13.2 Å². The van der Waals surface area contributed by atoms with Crippen molar-refractivity contribution in [2.24, 2.45) is 0 Å². The fraction of sp³-hybridized carbons (Fsp3) is 0.955. The first-order chi connectivity index (χ1) is 35.5. The summed E-state index contributed by atoms with van der Waals surface area (Å²) >= 11 is 0. The molecule has 0 spiro atoms. The van der Waals surface area contributed by atoms with Gasteiger partial charge in [0, 0.05) is 19.3 Å². The molecule has 6 heteroatoms. The Bertz CT molecular complexity index is 1080. The maximum Gasteiger partial charge on any atom is 0.306 e. The van der Waals surface area contributed by atoms with E-state index in [-0.39, 0.29) is 31.1 Å². The van der Waals surface area contributed by atoms with Crippen molar-refractivity contribution >= 4 is 17.9 Å². The molecule has 0 heterocycles. The summed E-state index contributed by atoms with van der Waals surface area (Å²) in [6.45, 7) is 6.70. The molecule has 0 rings (SSSR count). The van der Waals surface area contributed by atoms with Crippen molar-refractivity contribution in [1.82, 2.24) is 0 Å². The van der Waals surface area contributed by atoms with Crippen LogP contribution in [0, 0.1) is 0 Å². The molecule has 0 bridgehead atoms. The monoisotopic (exact) mass is 1020 g/mol. The highest BCUT2D eigenvalue weighted by Crippen LogP contribution is 2.19. The maximum atomic E-state index is 12.9. The normalized spacial score (nSPS) is 11.9. The summed E-state index contributed by atoms with van der Waals surface area (Å²) in [5.74, 6) is -0.833. The summed E-state index contributed by atoms with van der Waals surface area (Å²) in [6, 6.07) is 0. The summed E-state index contributed by atoms with van der Waals surface area (Å²) in [7, 11) is 0. The van der Waals surface area contributed by atoms with Crippen molar-refractivity contribution in [3.63, 3.8) is 0 Å². The van der Waals surface area contributed by atoms with Gasteiger partial charge in [-0.05, 0) is 19.3 Å². The Kier molecular flexibility index (Phi) is 60.6.